The number of anilines is 1. The summed E-state index contributed by atoms with van der Waals surface area (Å²) in [7, 11) is 1.63. The van der Waals surface area contributed by atoms with E-state index in [1.54, 1.807) is 7.11 Å². The SMILES string of the molecule is CCCOc1ccc([C@H]2CC(=O)Nc3n[nH]c(C)c32)cc1OC. The zero-order valence-corrected chi connectivity index (χ0v) is 13.6. The lowest BCUT2D eigenvalue weighted by molar-refractivity contribution is -0.116. The summed E-state index contributed by atoms with van der Waals surface area (Å²) in [4.78, 5) is 12.0. The van der Waals surface area contributed by atoms with Crippen molar-refractivity contribution in [1.82, 2.24) is 10.2 Å². The summed E-state index contributed by atoms with van der Waals surface area (Å²) in [5.41, 5.74) is 3.02. The van der Waals surface area contributed by atoms with Crippen molar-refractivity contribution in [2.75, 3.05) is 19.0 Å². The molecule has 1 aliphatic rings. The van der Waals surface area contributed by atoms with Gasteiger partial charge in [-0.15, -0.1) is 0 Å². The molecule has 0 bridgehead atoms. The standard InChI is InChI=1S/C17H21N3O3/c1-4-7-23-13-6-5-11(8-14(13)22-3)12-9-15(21)18-17-16(12)10(2)19-20-17/h5-6,8,12H,4,7,9H2,1-3H3,(H2,18,19,20,21)/t12-/m1/s1. The van der Waals surface area contributed by atoms with Crippen molar-refractivity contribution in [3.63, 3.8) is 0 Å². The van der Waals surface area contributed by atoms with Gasteiger partial charge in [-0.05, 0) is 31.0 Å². The van der Waals surface area contributed by atoms with Crippen molar-refractivity contribution < 1.29 is 14.3 Å². The van der Waals surface area contributed by atoms with Crippen molar-refractivity contribution >= 4 is 11.7 Å². The third kappa shape index (κ3) is 2.88. The van der Waals surface area contributed by atoms with Gasteiger partial charge in [-0.2, -0.15) is 5.10 Å². The zero-order chi connectivity index (χ0) is 16.4. The van der Waals surface area contributed by atoms with Gasteiger partial charge in [0.1, 0.15) is 0 Å². The number of carbonyl (C=O) groups excluding carboxylic acids is 1. The number of benzene rings is 1. The molecule has 0 radical (unpaired) electrons. The van der Waals surface area contributed by atoms with Crippen LogP contribution in [0.4, 0.5) is 5.82 Å². The van der Waals surface area contributed by atoms with Crippen LogP contribution in [-0.4, -0.2) is 29.8 Å². The fourth-order valence-corrected chi connectivity index (χ4v) is 2.95. The number of amides is 1. The lowest BCUT2D eigenvalue weighted by Gasteiger charge is -2.23. The molecule has 0 saturated heterocycles. The average Bonchev–Trinajstić information content (AvgIpc) is 2.93. The Bertz CT molecular complexity index is 724. The Balaban J connectivity index is 1.98. The van der Waals surface area contributed by atoms with E-state index in [1.807, 2.05) is 25.1 Å². The van der Waals surface area contributed by atoms with E-state index >= 15 is 0 Å². The quantitative estimate of drug-likeness (QED) is 0.889. The summed E-state index contributed by atoms with van der Waals surface area (Å²) in [6, 6.07) is 5.85. The van der Waals surface area contributed by atoms with Gasteiger partial charge in [-0.25, -0.2) is 0 Å². The minimum Gasteiger partial charge on any atom is -0.493 e. The van der Waals surface area contributed by atoms with Gasteiger partial charge in [0, 0.05) is 23.6 Å². The minimum absolute atomic E-state index is 0.0284. The highest BCUT2D eigenvalue weighted by atomic mass is 16.5. The second kappa shape index (κ2) is 6.32. The summed E-state index contributed by atoms with van der Waals surface area (Å²) in [5.74, 6) is 1.96. The van der Waals surface area contributed by atoms with Crippen molar-refractivity contribution in [3.05, 3.63) is 35.0 Å². The first kappa shape index (κ1) is 15.4. The normalized spacial score (nSPS) is 16.7. The predicted octanol–water partition coefficient (Wildman–Crippen LogP) is 2.99. The maximum Gasteiger partial charge on any atom is 0.226 e. The second-order valence-corrected chi connectivity index (χ2v) is 5.67. The fraction of sp³-hybridized carbons (Fsp3) is 0.412. The molecule has 0 saturated carbocycles. The zero-order valence-electron chi connectivity index (χ0n) is 13.6. The van der Waals surface area contributed by atoms with Gasteiger partial charge in [0.2, 0.25) is 5.91 Å². The highest BCUT2D eigenvalue weighted by Crippen LogP contribution is 2.40. The summed E-state index contributed by atoms with van der Waals surface area (Å²) in [5, 5.41) is 9.93. The summed E-state index contributed by atoms with van der Waals surface area (Å²) >= 11 is 0. The van der Waals surface area contributed by atoms with Crippen molar-refractivity contribution in [2.24, 2.45) is 0 Å². The van der Waals surface area contributed by atoms with E-state index in [9.17, 15) is 4.79 Å². The molecule has 2 heterocycles. The number of aromatic amines is 1. The van der Waals surface area contributed by atoms with E-state index in [2.05, 4.69) is 22.4 Å². The van der Waals surface area contributed by atoms with E-state index < -0.39 is 0 Å². The highest BCUT2D eigenvalue weighted by Gasteiger charge is 2.30. The number of hydrogen-bond acceptors (Lipinski definition) is 4. The lowest BCUT2D eigenvalue weighted by Crippen LogP contribution is -2.23. The maximum absolute atomic E-state index is 12.0. The van der Waals surface area contributed by atoms with Gasteiger partial charge in [-0.3, -0.25) is 9.89 Å². The Morgan fingerprint density at radius 3 is 2.91 bits per heavy atom. The van der Waals surface area contributed by atoms with E-state index in [0.717, 1.165) is 29.0 Å². The molecule has 2 aromatic rings. The number of aromatic nitrogens is 2. The molecule has 0 unspecified atom stereocenters. The van der Waals surface area contributed by atoms with Gasteiger partial charge in [0.05, 0.1) is 13.7 Å². The Labute approximate surface area is 135 Å². The number of nitrogens with zero attached hydrogens (tertiary/aromatic N) is 1. The molecule has 122 valence electrons. The van der Waals surface area contributed by atoms with Crippen molar-refractivity contribution in [2.45, 2.75) is 32.6 Å². The lowest BCUT2D eigenvalue weighted by atomic mass is 9.85. The van der Waals surface area contributed by atoms with Crippen LogP contribution in [0.15, 0.2) is 18.2 Å². The molecule has 1 aromatic heterocycles. The fourth-order valence-electron chi connectivity index (χ4n) is 2.95. The molecular formula is C17H21N3O3. The van der Waals surface area contributed by atoms with Crippen LogP contribution in [0.2, 0.25) is 0 Å². The van der Waals surface area contributed by atoms with Gasteiger partial charge in [-0.1, -0.05) is 13.0 Å². The monoisotopic (exact) mass is 315 g/mol. The maximum atomic E-state index is 12.0. The number of nitrogens with one attached hydrogen (secondary N) is 2. The molecule has 1 aliphatic heterocycles. The molecule has 1 aromatic carbocycles. The first-order chi connectivity index (χ1) is 11.1. The highest BCUT2D eigenvalue weighted by molar-refractivity contribution is 5.94. The van der Waals surface area contributed by atoms with Crippen molar-refractivity contribution in [3.8, 4) is 11.5 Å². The molecule has 6 nitrogen and oxygen atoms in total. The van der Waals surface area contributed by atoms with Gasteiger partial charge < -0.3 is 14.8 Å². The molecule has 3 rings (SSSR count). The first-order valence-electron chi connectivity index (χ1n) is 7.79. The average molecular weight is 315 g/mol. The van der Waals surface area contributed by atoms with E-state index in [1.165, 1.54) is 0 Å². The van der Waals surface area contributed by atoms with Crippen LogP contribution in [0.3, 0.4) is 0 Å². The van der Waals surface area contributed by atoms with Crippen molar-refractivity contribution in [1.29, 1.82) is 0 Å². The molecule has 0 spiro atoms. The number of rotatable bonds is 5. The third-order valence-corrected chi connectivity index (χ3v) is 4.04. The summed E-state index contributed by atoms with van der Waals surface area (Å²) in [6.07, 6.45) is 1.33. The summed E-state index contributed by atoms with van der Waals surface area (Å²) in [6.45, 7) is 4.67. The Morgan fingerprint density at radius 1 is 1.35 bits per heavy atom. The first-order valence-corrected chi connectivity index (χ1v) is 7.79. The van der Waals surface area contributed by atoms with Gasteiger partial charge in [0.25, 0.3) is 0 Å². The summed E-state index contributed by atoms with van der Waals surface area (Å²) < 4.78 is 11.1. The van der Waals surface area contributed by atoms with Crippen LogP contribution >= 0.6 is 0 Å². The second-order valence-electron chi connectivity index (χ2n) is 5.67. The Hall–Kier alpha value is -2.50. The van der Waals surface area contributed by atoms with Crippen LogP contribution < -0.4 is 14.8 Å². The molecule has 6 heteroatoms. The largest absolute Gasteiger partial charge is 0.493 e. The number of hydrogen-bond donors (Lipinski definition) is 2. The number of aryl methyl sites for hydroxylation is 1. The number of methoxy groups -OCH3 is 1. The minimum atomic E-state index is -0.0355. The van der Waals surface area contributed by atoms with Crippen LogP contribution in [0, 0.1) is 6.92 Å². The molecule has 2 N–H and O–H groups in total. The molecule has 1 atom stereocenters. The number of H-pyrrole nitrogens is 1. The van der Waals surface area contributed by atoms with Crippen LogP contribution in [0.25, 0.3) is 0 Å². The third-order valence-electron chi connectivity index (χ3n) is 4.04. The molecule has 0 aliphatic carbocycles. The number of ether oxygens (including phenoxy) is 2. The predicted molar refractivity (Wildman–Crippen MR) is 87.2 cm³/mol. The Kier molecular flexibility index (Phi) is 4.23. The number of carbonyl (C=O) groups is 1. The number of fused-ring (bicyclic) bond motifs is 1. The molecular weight excluding hydrogens is 294 g/mol. The van der Waals surface area contributed by atoms with Crippen LogP contribution in [0.5, 0.6) is 11.5 Å². The topological polar surface area (TPSA) is 76.2 Å². The molecule has 23 heavy (non-hydrogen) atoms. The Morgan fingerprint density at radius 2 is 2.17 bits per heavy atom. The molecule has 1 amide bonds. The van der Waals surface area contributed by atoms with Gasteiger partial charge >= 0.3 is 0 Å². The molecule has 0 fully saturated rings. The van der Waals surface area contributed by atoms with Crippen LogP contribution in [-0.2, 0) is 4.79 Å². The van der Waals surface area contributed by atoms with Crippen LogP contribution in [0.1, 0.15) is 42.5 Å². The van der Waals surface area contributed by atoms with Gasteiger partial charge in [0.15, 0.2) is 17.3 Å². The van der Waals surface area contributed by atoms with E-state index in [4.69, 9.17) is 9.47 Å². The smallest absolute Gasteiger partial charge is 0.226 e. The van der Waals surface area contributed by atoms with E-state index in [0.29, 0.717) is 24.6 Å². The van der Waals surface area contributed by atoms with E-state index in [-0.39, 0.29) is 11.8 Å².